The van der Waals surface area contributed by atoms with Crippen molar-refractivity contribution >= 4 is 27.3 Å². The summed E-state index contributed by atoms with van der Waals surface area (Å²) in [6.07, 6.45) is 3.80. The molecule has 240 valence electrons. The van der Waals surface area contributed by atoms with E-state index in [9.17, 15) is 38.5 Å². The van der Waals surface area contributed by atoms with Crippen molar-refractivity contribution in [1.82, 2.24) is 14.5 Å². The van der Waals surface area contributed by atoms with E-state index in [2.05, 4.69) is 5.32 Å². The van der Waals surface area contributed by atoms with Gasteiger partial charge in [-0.25, -0.2) is 8.42 Å². The Morgan fingerprint density at radius 3 is 2.30 bits per heavy atom. The summed E-state index contributed by atoms with van der Waals surface area (Å²) in [5, 5.41) is 36.9. The lowest BCUT2D eigenvalue weighted by atomic mass is 9.72. The van der Waals surface area contributed by atoms with E-state index >= 15 is 0 Å². The standard InChI is InChI=1S/C30H41N5O8S/c1-30(2,3)31-29(37)28-16-22-8-4-5-9-23(22)18-32(28)19-26(36)20-33(17-21-7-6-10-25(15-21)35(40)41)44(42,43)27-13-11-24(12-14-27)34(38)39/h6-7,10-15,22-23,26,28,36H,4-5,8-9,16-20H2,1-3H3,(H,31,37)/t22-,23+,26+,28-/m0/s1. The summed E-state index contributed by atoms with van der Waals surface area (Å²) in [5.74, 6) is 0.681. The molecule has 2 N–H and O–H groups in total. The van der Waals surface area contributed by atoms with Crippen molar-refractivity contribution in [3.05, 3.63) is 74.3 Å². The molecule has 0 radical (unpaired) electrons. The second-order valence-electron chi connectivity index (χ2n) is 12.9. The highest BCUT2D eigenvalue weighted by molar-refractivity contribution is 7.89. The van der Waals surface area contributed by atoms with Gasteiger partial charge >= 0.3 is 0 Å². The predicted molar refractivity (Wildman–Crippen MR) is 163 cm³/mol. The first-order valence-corrected chi connectivity index (χ1v) is 16.3. The number of benzene rings is 2. The Labute approximate surface area is 257 Å². The molecule has 0 spiro atoms. The van der Waals surface area contributed by atoms with Crippen LogP contribution >= 0.6 is 0 Å². The third-order valence-corrected chi connectivity index (χ3v) is 10.2. The van der Waals surface area contributed by atoms with Crippen molar-refractivity contribution in [2.24, 2.45) is 11.8 Å². The summed E-state index contributed by atoms with van der Waals surface area (Å²) < 4.78 is 28.7. The Hall–Kier alpha value is -3.46. The van der Waals surface area contributed by atoms with E-state index in [0.717, 1.165) is 54.3 Å². The smallest absolute Gasteiger partial charge is 0.269 e. The molecule has 14 heteroatoms. The van der Waals surface area contributed by atoms with Gasteiger partial charge in [-0.05, 0) is 63.1 Å². The van der Waals surface area contributed by atoms with Crippen LogP contribution in [0.2, 0.25) is 0 Å². The first kappa shape index (κ1) is 33.4. The van der Waals surface area contributed by atoms with E-state index in [0.29, 0.717) is 30.4 Å². The van der Waals surface area contributed by atoms with Gasteiger partial charge in [0.15, 0.2) is 0 Å². The van der Waals surface area contributed by atoms with Crippen molar-refractivity contribution in [2.75, 3.05) is 19.6 Å². The normalized spacial score (nSPS) is 21.8. The number of non-ortho nitro benzene ring substituents is 2. The van der Waals surface area contributed by atoms with E-state index in [-0.39, 0.29) is 41.8 Å². The third kappa shape index (κ3) is 8.37. The van der Waals surface area contributed by atoms with Crippen LogP contribution in [0.3, 0.4) is 0 Å². The number of hydrogen-bond acceptors (Lipinski definition) is 9. The lowest BCUT2D eigenvalue weighted by Crippen LogP contribution is -2.59. The van der Waals surface area contributed by atoms with Crippen molar-refractivity contribution in [2.45, 2.75) is 82.0 Å². The average Bonchev–Trinajstić information content (AvgIpc) is 2.95. The quantitative estimate of drug-likeness (QED) is 0.275. The lowest BCUT2D eigenvalue weighted by Gasteiger charge is -2.46. The minimum absolute atomic E-state index is 0.0483. The van der Waals surface area contributed by atoms with Crippen molar-refractivity contribution in [1.29, 1.82) is 0 Å². The van der Waals surface area contributed by atoms with Crippen molar-refractivity contribution < 1.29 is 28.2 Å². The molecule has 44 heavy (non-hydrogen) atoms. The summed E-state index contributed by atoms with van der Waals surface area (Å²) >= 11 is 0. The fraction of sp³-hybridized carbons (Fsp3) is 0.567. The monoisotopic (exact) mass is 631 g/mol. The fourth-order valence-electron chi connectivity index (χ4n) is 6.30. The van der Waals surface area contributed by atoms with E-state index in [1.54, 1.807) is 6.07 Å². The fourth-order valence-corrected chi connectivity index (χ4v) is 7.76. The van der Waals surface area contributed by atoms with Gasteiger partial charge in [0, 0.05) is 56.0 Å². The third-order valence-electron chi connectivity index (χ3n) is 8.33. The number of β-amino-alcohol motifs (C(OH)–C–C–N with tert-alkyl or cyclic N) is 1. The summed E-state index contributed by atoms with van der Waals surface area (Å²) in [6, 6.07) is 9.52. The number of aliphatic hydroxyl groups is 1. The number of likely N-dealkylation sites (tertiary alicyclic amines) is 1. The maximum Gasteiger partial charge on any atom is 0.269 e. The molecule has 4 atom stereocenters. The molecule has 0 unspecified atom stereocenters. The van der Waals surface area contributed by atoms with Gasteiger partial charge in [-0.15, -0.1) is 0 Å². The first-order chi connectivity index (χ1) is 20.6. The van der Waals surface area contributed by atoms with Crippen LogP contribution in [-0.4, -0.2) is 75.8 Å². The molecule has 1 aliphatic carbocycles. The zero-order valence-corrected chi connectivity index (χ0v) is 26.1. The molecular weight excluding hydrogens is 590 g/mol. The van der Waals surface area contributed by atoms with E-state index in [1.807, 2.05) is 25.7 Å². The highest BCUT2D eigenvalue weighted by Gasteiger charge is 2.41. The van der Waals surface area contributed by atoms with E-state index < -0.39 is 37.6 Å². The number of nitrogens with one attached hydrogen (secondary N) is 1. The Bertz CT molecular complexity index is 1460. The summed E-state index contributed by atoms with van der Waals surface area (Å²) in [7, 11) is -4.30. The van der Waals surface area contributed by atoms with Gasteiger partial charge in [0.25, 0.3) is 11.4 Å². The molecule has 1 amide bonds. The second-order valence-corrected chi connectivity index (χ2v) is 14.8. The van der Waals surface area contributed by atoms with Crippen molar-refractivity contribution in [3.8, 4) is 0 Å². The number of aliphatic hydroxyl groups excluding tert-OH is 1. The Morgan fingerprint density at radius 1 is 1.05 bits per heavy atom. The number of nitrogens with zero attached hydrogens (tertiary/aromatic N) is 4. The second kappa shape index (κ2) is 13.7. The van der Waals surface area contributed by atoms with Crippen LogP contribution < -0.4 is 5.32 Å². The zero-order valence-electron chi connectivity index (χ0n) is 25.3. The van der Waals surface area contributed by atoms with Crippen LogP contribution in [0.25, 0.3) is 0 Å². The number of carbonyl (C=O) groups is 1. The van der Waals surface area contributed by atoms with Crippen LogP contribution in [0, 0.1) is 32.1 Å². The van der Waals surface area contributed by atoms with E-state index in [4.69, 9.17) is 0 Å². The number of rotatable bonds is 11. The molecule has 1 saturated heterocycles. The van der Waals surface area contributed by atoms with Gasteiger partial charge in [0.1, 0.15) is 0 Å². The van der Waals surface area contributed by atoms with Gasteiger partial charge in [0.2, 0.25) is 15.9 Å². The van der Waals surface area contributed by atoms with Gasteiger partial charge in [-0.2, -0.15) is 4.31 Å². The summed E-state index contributed by atoms with van der Waals surface area (Å²) in [5.41, 5.74) is -0.598. The predicted octanol–water partition coefficient (Wildman–Crippen LogP) is 3.85. The minimum atomic E-state index is -4.30. The van der Waals surface area contributed by atoms with Gasteiger partial charge < -0.3 is 10.4 Å². The topological polar surface area (TPSA) is 176 Å². The molecule has 2 aromatic rings. The highest BCUT2D eigenvalue weighted by atomic mass is 32.2. The number of amides is 1. The maximum absolute atomic E-state index is 13.8. The summed E-state index contributed by atoms with van der Waals surface area (Å²) in [4.78, 5) is 36.4. The minimum Gasteiger partial charge on any atom is -0.390 e. The lowest BCUT2D eigenvalue weighted by molar-refractivity contribution is -0.385. The molecule has 13 nitrogen and oxygen atoms in total. The Morgan fingerprint density at radius 2 is 1.68 bits per heavy atom. The number of hydrogen-bond donors (Lipinski definition) is 2. The van der Waals surface area contributed by atoms with Crippen LogP contribution in [0.5, 0.6) is 0 Å². The van der Waals surface area contributed by atoms with Crippen LogP contribution in [0.15, 0.2) is 53.4 Å². The SMILES string of the molecule is CC(C)(C)NC(=O)[C@@H]1C[C@@H]2CCCC[C@@H]2CN1C[C@@H](O)CN(Cc1cccc([N+](=O)[O-])c1)S(=O)(=O)c1ccc([N+](=O)[O-])cc1. The molecule has 0 aromatic heterocycles. The molecule has 4 rings (SSSR count). The molecule has 2 fully saturated rings. The number of nitro benzene ring substituents is 2. The van der Waals surface area contributed by atoms with Gasteiger partial charge in [-0.3, -0.25) is 29.9 Å². The van der Waals surface area contributed by atoms with Gasteiger partial charge in [0.05, 0.1) is 26.9 Å². The van der Waals surface area contributed by atoms with Crippen LogP contribution in [0.4, 0.5) is 11.4 Å². The zero-order chi connectivity index (χ0) is 32.2. The molecule has 1 aliphatic heterocycles. The number of sulfonamides is 1. The molecule has 0 bridgehead atoms. The first-order valence-electron chi connectivity index (χ1n) is 14.9. The van der Waals surface area contributed by atoms with Crippen molar-refractivity contribution in [3.63, 3.8) is 0 Å². The molecule has 2 aliphatic rings. The maximum atomic E-state index is 13.8. The molecule has 2 aromatic carbocycles. The van der Waals surface area contributed by atoms with Crippen LogP contribution in [-0.2, 0) is 21.4 Å². The van der Waals surface area contributed by atoms with E-state index in [1.165, 1.54) is 18.2 Å². The highest BCUT2D eigenvalue weighted by Crippen LogP contribution is 2.39. The Kier molecular flexibility index (Phi) is 10.4. The molecule has 1 heterocycles. The number of carbonyl (C=O) groups excluding carboxylic acids is 1. The van der Waals surface area contributed by atoms with Crippen LogP contribution in [0.1, 0.15) is 58.4 Å². The molecule has 1 saturated carbocycles. The van der Waals surface area contributed by atoms with Gasteiger partial charge in [-0.1, -0.05) is 31.4 Å². The average molecular weight is 632 g/mol. The number of piperidine rings is 1. The number of nitro groups is 2. The number of fused-ring (bicyclic) bond motifs is 1. The largest absolute Gasteiger partial charge is 0.390 e. The molecular formula is C30H41N5O8S. The Balaban J connectivity index is 1.60. The summed E-state index contributed by atoms with van der Waals surface area (Å²) in [6.45, 7) is 5.75.